The Hall–Kier alpha value is -3.33. The largest absolute Gasteiger partial charge is 0.386 e. The molecule has 0 bridgehead atoms. The average molecular weight is 496 g/mol. The minimum Gasteiger partial charge on any atom is -0.386 e. The molecule has 3 N–H and O–H groups in total. The third-order valence-corrected chi connectivity index (χ3v) is 6.98. The van der Waals surface area contributed by atoms with Crippen molar-refractivity contribution >= 4 is 50.7 Å². The van der Waals surface area contributed by atoms with E-state index in [-0.39, 0.29) is 16.3 Å². The molecular formula is C25H19ClFN3O3S. The van der Waals surface area contributed by atoms with E-state index in [2.05, 4.69) is 15.0 Å². The fourth-order valence-electron chi connectivity index (χ4n) is 4.09. The van der Waals surface area contributed by atoms with Crippen molar-refractivity contribution in [2.75, 3.05) is 5.32 Å². The lowest BCUT2D eigenvalue weighted by Gasteiger charge is -2.22. The van der Waals surface area contributed by atoms with Gasteiger partial charge in [0.25, 0.3) is 11.8 Å². The second kappa shape index (κ2) is 8.16. The average Bonchev–Trinajstić information content (AvgIpc) is 3.36. The Labute approximate surface area is 203 Å². The number of rotatable bonds is 4. The van der Waals surface area contributed by atoms with Gasteiger partial charge in [-0.2, -0.15) is 4.37 Å². The van der Waals surface area contributed by atoms with Gasteiger partial charge in [-0.3, -0.25) is 9.59 Å². The van der Waals surface area contributed by atoms with Gasteiger partial charge in [-0.1, -0.05) is 29.8 Å². The molecule has 9 heteroatoms. The van der Waals surface area contributed by atoms with Gasteiger partial charge in [0.05, 0.1) is 16.3 Å². The van der Waals surface area contributed by atoms with Crippen LogP contribution in [0.3, 0.4) is 0 Å². The number of halogens is 2. The maximum absolute atomic E-state index is 14.1. The van der Waals surface area contributed by atoms with Crippen molar-refractivity contribution in [2.45, 2.75) is 25.5 Å². The summed E-state index contributed by atoms with van der Waals surface area (Å²) >= 11 is 7.56. The smallest absolute Gasteiger partial charge is 0.276 e. The first-order valence-electron chi connectivity index (χ1n) is 10.5. The number of amides is 2. The highest BCUT2D eigenvalue weighted by atomic mass is 35.5. The van der Waals surface area contributed by atoms with Crippen LogP contribution >= 0.6 is 23.1 Å². The normalized spacial score (nSPS) is 15.3. The predicted octanol–water partition coefficient (Wildman–Crippen LogP) is 5.40. The van der Waals surface area contributed by atoms with E-state index >= 15 is 0 Å². The molecule has 2 heterocycles. The number of fused-ring (bicyclic) bond motifs is 2. The second-order valence-corrected chi connectivity index (χ2v) is 9.81. The molecule has 5 rings (SSSR count). The lowest BCUT2D eigenvalue weighted by molar-refractivity contribution is 0.0784. The molecule has 1 aliphatic rings. The molecule has 0 unspecified atom stereocenters. The number of nitrogens with zero attached hydrogens (tertiary/aromatic N) is 1. The zero-order chi connectivity index (χ0) is 24.2. The number of hydrogen-bond acceptors (Lipinski definition) is 5. The van der Waals surface area contributed by atoms with Crippen LogP contribution in [0, 0.1) is 5.82 Å². The van der Waals surface area contributed by atoms with Crippen molar-refractivity contribution in [2.24, 2.45) is 0 Å². The summed E-state index contributed by atoms with van der Waals surface area (Å²) in [5.74, 6) is -1.38. The zero-order valence-corrected chi connectivity index (χ0v) is 19.7. The molecule has 1 aliphatic heterocycles. The van der Waals surface area contributed by atoms with Gasteiger partial charge in [0.1, 0.15) is 11.5 Å². The number of nitrogens with one attached hydrogen (secondary N) is 2. The summed E-state index contributed by atoms with van der Waals surface area (Å²) < 4.78 is 19.2. The SMILES string of the molecule is CC(C)(O)c1cc(NC(=O)c2nsc3ccccc23)c2c(c1)C(=O)N[C@H]2c1cc(F)ccc1Cl. The number of benzene rings is 3. The van der Waals surface area contributed by atoms with E-state index in [1.54, 1.807) is 26.0 Å². The van der Waals surface area contributed by atoms with Crippen molar-refractivity contribution in [3.8, 4) is 0 Å². The summed E-state index contributed by atoms with van der Waals surface area (Å²) in [6.45, 7) is 3.17. The van der Waals surface area contributed by atoms with E-state index in [1.165, 1.54) is 29.7 Å². The van der Waals surface area contributed by atoms with Gasteiger partial charge in [-0.25, -0.2) is 4.39 Å². The standard InChI is InChI=1S/C25H19ClFN3O3S/c1-25(2,33)12-9-16-20(21(29-23(16)31)15-11-13(27)7-8-17(15)26)18(10-12)28-24(32)22-14-5-3-4-6-19(14)34-30-22/h3-11,21,33H,1-2H3,(H,28,32)(H,29,31)/t21-/m0/s1. The first-order valence-corrected chi connectivity index (χ1v) is 11.6. The maximum atomic E-state index is 14.1. The topological polar surface area (TPSA) is 91.3 Å². The molecule has 0 fully saturated rings. The van der Waals surface area contributed by atoms with Crippen molar-refractivity contribution in [3.63, 3.8) is 0 Å². The molecular weight excluding hydrogens is 477 g/mol. The Bertz CT molecular complexity index is 1480. The lowest BCUT2D eigenvalue weighted by Crippen LogP contribution is -2.21. The van der Waals surface area contributed by atoms with Crippen LogP contribution in [0.25, 0.3) is 10.1 Å². The highest BCUT2D eigenvalue weighted by Gasteiger charge is 2.36. The number of anilines is 1. The van der Waals surface area contributed by atoms with Crippen LogP contribution in [0.1, 0.15) is 57.4 Å². The molecule has 1 atom stereocenters. The van der Waals surface area contributed by atoms with E-state index < -0.39 is 29.3 Å². The van der Waals surface area contributed by atoms with Gasteiger partial charge >= 0.3 is 0 Å². The van der Waals surface area contributed by atoms with Crippen LogP contribution in [0.5, 0.6) is 0 Å². The molecule has 2 amide bonds. The summed E-state index contributed by atoms with van der Waals surface area (Å²) in [6.07, 6.45) is 0. The third kappa shape index (κ3) is 3.83. The Balaban J connectivity index is 1.66. The molecule has 0 saturated carbocycles. The first-order chi connectivity index (χ1) is 16.1. The fraction of sp³-hybridized carbons (Fsp3) is 0.160. The minimum absolute atomic E-state index is 0.251. The van der Waals surface area contributed by atoms with E-state index in [9.17, 15) is 19.1 Å². The molecule has 0 saturated heterocycles. The first kappa shape index (κ1) is 22.5. The van der Waals surface area contributed by atoms with Crippen LogP contribution in [-0.4, -0.2) is 21.3 Å². The van der Waals surface area contributed by atoms with E-state index in [0.29, 0.717) is 27.8 Å². The summed E-state index contributed by atoms with van der Waals surface area (Å²) in [7, 11) is 0. The number of hydrogen-bond donors (Lipinski definition) is 3. The number of aliphatic hydroxyl groups is 1. The second-order valence-electron chi connectivity index (χ2n) is 8.60. The van der Waals surface area contributed by atoms with Crippen LogP contribution in [0.4, 0.5) is 10.1 Å². The van der Waals surface area contributed by atoms with Crippen LogP contribution < -0.4 is 10.6 Å². The summed E-state index contributed by atoms with van der Waals surface area (Å²) in [5.41, 5.74) is 0.782. The number of carbonyl (C=O) groups is 2. The Morgan fingerprint density at radius 2 is 1.97 bits per heavy atom. The van der Waals surface area contributed by atoms with E-state index in [4.69, 9.17) is 11.6 Å². The summed E-state index contributed by atoms with van der Waals surface area (Å²) in [6, 6.07) is 13.7. The van der Waals surface area contributed by atoms with Gasteiger partial charge in [-0.05, 0) is 67.3 Å². The van der Waals surface area contributed by atoms with Gasteiger partial charge in [0.2, 0.25) is 0 Å². The molecule has 3 aromatic carbocycles. The monoisotopic (exact) mass is 495 g/mol. The van der Waals surface area contributed by atoms with Gasteiger partial charge in [0, 0.05) is 32.8 Å². The van der Waals surface area contributed by atoms with Crippen LogP contribution in [-0.2, 0) is 5.60 Å². The molecule has 34 heavy (non-hydrogen) atoms. The number of carbonyl (C=O) groups excluding carboxylic acids is 2. The van der Waals surface area contributed by atoms with E-state index in [0.717, 1.165) is 4.70 Å². The lowest BCUT2D eigenvalue weighted by atomic mass is 9.90. The van der Waals surface area contributed by atoms with Crippen molar-refractivity contribution in [1.29, 1.82) is 0 Å². The highest BCUT2D eigenvalue weighted by Crippen LogP contribution is 2.41. The highest BCUT2D eigenvalue weighted by molar-refractivity contribution is 7.13. The summed E-state index contributed by atoms with van der Waals surface area (Å²) in [5, 5.41) is 17.3. The van der Waals surface area contributed by atoms with E-state index in [1.807, 2.05) is 24.3 Å². The molecule has 4 aromatic rings. The van der Waals surface area contributed by atoms with Crippen molar-refractivity contribution < 1.29 is 19.1 Å². The van der Waals surface area contributed by atoms with Crippen LogP contribution in [0.15, 0.2) is 54.6 Å². The maximum Gasteiger partial charge on any atom is 0.276 e. The molecule has 0 spiro atoms. The van der Waals surface area contributed by atoms with Gasteiger partial charge < -0.3 is 15.7 Å². The molecule has 0 aliphatic carbocycles. The molecule has 1 aromatic heterocycles. The zero-order valence-electron chi connectivity index (χ0n) is 18.1. The number of aromatic nitrogens is 1. The fourth-order valence-corrected chi connectivity index (χ4v) is 5.09. The quantitative estimate of drug-likeness (QED) is 0.353. The molecule has 172 valence electrons. The Kier molecular flexibility index (Phi) is 5.39. The minimum atomic E-state index is -1.28. The molecule has 0 radical (unpaired) electrons. The Morgan fingerprint density at radius 3 is 2.74 bits per heavy atom. The Morgan fingerprint density at radius 1 is 1.21 bits per heavy atom. The molecule has 6 nitrogen and oxygen atoms in total. The van der Waals surface area contributed by atoms with Crippen molar-refractivity contribution in [1.82, 2.24) is 9.69 Å². The van der Waals surface area contributed by atoms with Gasteiger partial charge in [0.15, 0.2) is 0 Å². The summed E-state index contributed by atoms with van der Waals surface area (Å²) in [4.78, 5) is 26.2. The predicted molar refractivity (Wildman–Crippen MR) is 130 cm³/mol. The third-order valence-electron chi connectivity index (χ3n) is 5.80. The van der Waals surface area contributed by atoms with Crippen LogP contribution in [0.2, 0.25) is 5.02 Å². The van der Waals surface area contributed by atoms with Gasteiger partial charge in [-0.15, -0.1) is 0 Å². The van der Waals surface area contributed by atoms with Crippen molar-refractivity contribution in [3.05, 3.63) is 93.4 Å².